The standard InChI is InChI=1S/C22H21N2.Ir/c1-14-7-6-8-15(2)20(14)24-21-18-12-11-17(13-18)19(21)23-22(24)16-9-4-3-5-10-16;/h3-9,17-18H,11-13H2,1-2H3;/q-1;. The molecule has 5 rings (SSSR count). The molecular weight excluding hydrogens is 484 g/mol. The molecule has 2 bridgehead atoms. The molecule has 2 aliphatic rings. The fourth-order valence-corrected chi connectivity index (χ4v) is 4.72. The summed E-state index contributed by atoms with van der Waals surface area (Å²) in [4.78, 5) is 5.13. The van der Waals surface area contributed by atoms with Gasteiger partial charge in [-0.25, -0.2) is 0 Å². The van der Waals surface area contributed by atoms with Crippen molar-refractivity contribution >= 4 is 0 Å². The van der Waals surface area contributed by atoms with E-state index < -0.39 is 0 Å². The van der Waals surface area contributed by atoms with E-state index in [9.17, 15) is 0 Å². The van der Waals surface area contributed by atoms with Crippen molar-refractivity contribution in [3.05, 3.63) is 71.0 Å². The summed E-state index contributed by atoms with van der Waals surface area (Å²) in [6.07, 6.45) is 3.91. The molecule has 2 nitrogen and oxygen atoms in total. The molecule has 1 aromatic heterocycles. The Hall–Kier alpha value is -1.70. The summed E-state index contributed by atoms with van der Waals surface area (Å²) in [5, 5.41) is 0. The van der Waals surface area contributed by atoms with Gasteiger partial charge in [-0.15, -0.1) is 35.9 Å². The van der Waals surface area contributed by atoms with Gasteiger partial charge < -0.3 is 4.57 Å². The molecule has 129 valence electrons. The molecule has 2 aromatic carbocycles. The smallest absolute Gasteiger partial charge is 0.0608 e. The van der Waals surface area contributed by atoms with Gasteiger partial charge in [0.2, 0.25) is 0 Å². The fourth-order valence-electron chi connectivity index (χ4n) is 4.72. The molecule has 1 fully saturated rings. The van der Waals surface area contributed by atoms with E-state index in [1.165, 1.54) is 47.5 Å². The average molecular weight is 506 g/mol. The Morgan fingerprint density at radius 1 is 1.00 bits per heavy atom. The maximum atomic E-state index is 5.13. The predicted molar refractivity (Wildman–Crippen MR) is 96.6 cm³/mol. The zero-order valence-corrected chi connectivity index (χ0v) is 16.9. The zero-order valence-electron chi connectivity index (χ0n) is 14.5. The Labute approximate surface area is 162 Å². The largest absolute Gasteiger partial charge is 0.336 e. The van der Waals surface area contributed by atoms with Gasteiger partial charge in [-0.05, 0) is 44.2 Å². The van der Waals surface area contributed by atoms with Crippen LogP contribution < -0.4 is 0 Å². The van der Waals surface area contributed by atoms with Crippen LogP contribution in [0, 0.1) is 19.9 Å². The SMILES string of the molecule is Cc1cccc(C)c1-n1c(-c2[c-]cccc2)nc2c1C1CCC2C1.[Ir]. The van der Waals surface area contributed by atoms with E-state index in [1.54, 1.807) is 0 Å². The molecule has 0 N–H and O–H groups in total. The number of para-hydroxylation sites is 1. The summed E-state index contributed by atoms with van der Waals surface area (Å²) in [5.41, 5.74) is 7.85. The van der Waals surface area contributed by atoms with Crippen molar-refractivity contribution in [1.29, 1.82) is 0 Å². The summed E-state index contributed by atoms with van der Waals surface area (Å²) in [7, 11) is 0. The van der Waals surface area contributed by atoms with Crippen LogP contribution in [0.15, 0.2) is 42.5 Å². The van der Waals surface area contributed by atoms with Crippen molar-refractivity contribution in [2.75, 3.05) is 0 Å². The summed E-state index contributed by atoms with van der Waals surface area (Å²) < 4.78 is 2.45. The summed E-state index contributed by atoms with van der Waals surface area (Å²) in [6.45, 7) is 4.42. The fraction of sp³-hybridized carbons (Fsp3) is 0.318. The number of hydrogen-bond acceptors (Lipinski definition) is 1. The van der Waals surface area contributed by atoms with Crippen LogP contribution in [0.25, 0.3) is 17.1 Å². The van der Waals surface area contributed by atoms with Crippen molar-refractivity contribution in [2.24, 2.45) is 0 Å². The van der Waals surface area contributed by atoms with Gasteiger partial charge in [0, 0.05) is 43.3 Å². The van der Waals surface area contributed by atoms with Gasteiger partial charge in [-0.2, -0.15) is 0 Å². The maximum absolute atomic E-state index is 5.13. The van der Waals surface area contributed by atoms with Gasteiger partial charge >= 0.3 is 0 Å². The minimum atomic E-state index is 0. The van der Waals surface area contributed by atoms with E-state index in [2.05, 4.69) is 54.8 Å². The second-order valence-electron chi connectivity index (χ2n) is 7.26. The number of benzene rings is 2. The molecule has 25 heavy (non-hydrogen) atoms. The van der Waals surface area contributed by atoms with Crippen LogP contribution in [0.4, 0.5) is 0 Å². The van der Waals surface area contributed by atoms with E-state index in [4.69, 9.17) is 4.98 Å². The Morgan fingerprint density at radius 3 is 2.48 bits per heavy atom. The first-order chi connectivity index (χ1) is 11.7. The topological polar surface area (TPSA) is 17.8 Å². The third kappa shape index (κ3) is 2.45. The van der Waals surface area contributed by atoms with E-state index in [1.807, 2.05) is 12.1 Å². The van der Waals surface area contributed by atoms with Crippen LogP contribution in [0.1, 0.15) is 53.6 Å². The van der Waals surface area contributed by atoms with Crippen molar-refractivity contribution in [3.8, 4) is 17.1 Å². The van der Waals surface area contributed by atoms with E-state index in [0.29, 0.717) is 11.8 Å². The Morgan fingerprint density at radius 2 is 1.76 bits per heavy atom. The molecule has 3 heteroatoms. The van der Waals surface area contributed by atoms with E-state index >= 15 is 0 Å². The third-order valence-corrected chi connectivity index (χ3v) is 5.76. The van der Waals surface area contributed by atoms with Crippen LogP contribution in [-0.2, 0) is 20.1 Å². The molecular formula is C22H21IrN2-. The van der Waals surface area contributed by atoms with Crippen molar-refractivity contribution in [1.82, 2.24) is 9.55 Å². The second kappa shape index (κ2) is 6.23. The van der Waals surface area contributed by atoms with Gasteiger partial charge in [0.1, 0.15) is 0 Å². The molecule has 1 heterocycles. The Bertz CT molecular complexity index is 906. The van der Waals surface area contributed by atoms with Crippen molar-refractivity contribution in [3.63, 3.8) is 0 Å². The van der Waals surface area contributed by atoms with Crippen molar-refractivity contribution in [2.45, 2.75) is 44.9 Å². The first-order valence-electron chi connectivity index (χ1n) is 8.90. The van der Waals surface area contributed by atoms with Crippen LogP contribution in [0.5, 0.6) is 0 Å². The van der Waals surface area contributed by atoms with Gasteiger partial charge in [0.05, 0.1) is 11.5 Å². The molecule has 0 saturated heterocycles. The molecule has 2 atom stereocenters. The summed E-state index contributed by atoms with van der Waals surface area (Å²) in [6, 6.07) is 18.2. The summed E-state index contributed by atoms with van der Waals surface area (Å²) in [5.74, 6) is 2.40. The first-order valence-corrected chi connectivity index (χ1v) is 8.90. The normalized spacial score (nSPS) is 20.4. The number of hydrogen-bond donors (Lipinski definition) is 0. The molecule has 0 amide bonds. The maximum Gasteiger partial charge on any atom is 0.0608 e. The first kappa shape index (κ1) is 16.8. The number of nitrogens with zero attached hydrogens (tertiary/aromatic N) is 2. The minimum absolute atomic E-state index is 0. The number of aromatic nitrogens is 2. The number of rotatable bonds is 2. The monoisotopic (exact) mass is 506 g/mol. The summed E-state index contributed by atoms with van der Waals surface area (Å²) >= 11 is 0. The Kier molecular flexibility index (Phi) is 4.17. The van der Waals surface area contributed by atoms with Gasteiger partial charge in [0.25, 0.3) is 0 Å². The molecule has 1 saturated carbocycles. The molecule has 0 spiro atoms. The molecule has 3 aromatic rings. The second-order valence-corrected chi connectivity index (χ2v) is 7.26. The number of fused-ring (bicyclic) bond motifs is 5. The third-order valence-electron chi connectivity index (χ3n) is 5.76. The Balaban J connectivity index is 0.00000157. The molecule has 1 radical (unpaired) electrons. The molecule has 2 unspecified atom stereocenters. The van der Waals surface area contributed by atoms with Gasteiger partial charge in [-0.1, -0.05) is 18.2 Å². The van der Waals surface area contributed by atoms with Gasteiger partial charge in [0.15, 0.2) is 0 Å². The van der Waals surface area contributed by atoms with E-state index in [0.717, 1.165) is 11.4 Å². The number of aryl methyl sites for hydroxylation is 2. The quantitative estimate of drug-likeness (QED) is 0.431. The minimum Gasteiger partial charge on any atom is -0.336 e. The molecule has 2 aliphatic carbocycles. The van der Waals surface area contributed by atoms with Crippen LogP contribution in [-0.4, -0.2) is 9.55 Å². The predicted octanol–water partition coefficient (Wildman–Crippen LogP) is 5.32. The average Bonchev–Trinajstić information content (AvgIpc) is 3.28. The van der Waals surface area contributed by atoms with Crippen LogP contribution >= 0.6 is 0 Å². The number of imidazole rings is 1. The zero-order chi connectivity index (χ0) is 16.3. The van der Waals surface area contributed by atoms with Crippen LogP contribution in [0.2, 0.25) is 0 Å². The van der Waals surface area contributed by atoms with Gasteiger partial charge in [-0.3, -0.25) is 4.98 Å². The van der Waals surface area contributed by atoms with Crippen LogP contribution in [0.3, 0.4) is 0 Å². The van der Waals surface area contributed by atoms with E-state index in [-0.39, 0.29) is 20.1 Å². The molecule has 0 aliphatic heterocycles. The van der Waals surface area contributed by atoms with Crippen molar-refractivity contribution < 1.29 is 20.1 Å².